The lowest BCUT2D eigenvalue weighted by molar-refractivity contribution is 0.0588. The van der Waals surface area contributed by atoms with E-state index in [4.69, 9.17) is 18.9 Å². The van der Waals surface area contributed by atoms with Crippen molar-refractivity contribution in [3.05, 3.63) is 94.0 Å². The number of carbonyl (C=O) groups is 2. The number of ether oxygens (including phenoxy) is 4. The van der Waals surface area contributed by atoms with Gasteiger partial charge in [-0.2, -0.15) is 0 Å². The van der Waals surface area contributed by atoms with Crippen LogP contribution in [0.1, 0.15) is 43.0 Å². The van der Waals surface area contributed by atoms with Gasteiger partial charge in [0.1, 0.15) is 22.6 Å². The van der Waals surface area contributed by atoms with Gasteiger partial charge in [-0.15, -0.1) is 0 Å². The predicted octanol–water partition coefficient (Wildman–Crippen LogP) is 4.08. The van der Waals surface area contributed by atoms with Gasteiger partial charge in [0.25, 0.3) is 0 Å². The van der Waals surface area contributed by atoms with E-state index in [1.165, 1.54) is 28.4 Å². The molecule has 0 saturated carbocycles. The Labute approximate surface area is 198 Å². The fourth-order valence-electron chi connectivity index (χ4n) is 3.02. The molecule has 6 heteroatoms. The van der Waals surface area contributed by atoms with Crippen LogP contribution in [-0.2, 0) is 9.47 Å². The summed E-state index contributed by atoms with van der Waals surface area (Å²) in [4.78, 5) is 23.5. The zero-order chi connectivity index (χ0) is 24.5. The summed E-state index contributed by atoms with van der Waals surface area (Å²) < 4.78 is 20.0. The Morgan fingerprint density at radius 3 is 1.18 bits per heavy atom. The maximum absolute atomic E-state index is 11.8. The van der Waals surface area contributed by atoms with Crippen molar-refractivity contribution in [2.45, 2.75) is 0 Å². The van der Waals surface area contributed by atoms with Crippen molar-refractivity contribution in [3.8, 4) is 35.2 Å². The lowest BCUT2D eigenvalue weighted by Crippen LogP contribution is -2.04. The number of hydrogen-bond donors (Lipinski definition) is 0. The highest BCUT2D eigenvalue weighted by Crippen LogP contribution is 2.22. The monoisotopic (exact) mass is 454 g/mol. The van der Waals surface area contributed by atoms with Gasteiger partial charge in [-0.3, -0.25) is 0 Å². The van der Waals surface area contributed by atoms with E-state index in [0.717, 1.165) is 11.1 Å². The third kappa shape index (κ3) is 5.76. The van der Waals surface area contributed by atoms with E-state index >= 15 is 0 Å². The second-order valence-corrected chi connectivity index (χ2v) is 6.89. The molecule has 3 rings (SSSR count). The zero-order valence-corrected chi connectivity index (χ0v) is 19.2. The van der Waals surface area contributed by atoms with E-state index in [1.54, 1.807) is 36.4 Å². The van der Waals surface area contributed by atoms with Crippen molar-refractivity contribution >= 4 is 11.9 Å². The van der Waals surface area contributed by atoms with Crippen molar-refractivity contribution < 1.29 is 28.5 Å². The van der Waals surface area contributed by atoms with Crippen LogP contribution in [0.4, 0.5) is 0 Å². The molecule has 0 saturated heterocycles. The van der Waals surface area contributed by atoms with Gasteiger partial charge >= 0.3 is 11.9 Å². The summed E-state index contributed by atoms with van der Waals surface area (Å²) in [6.07, 6.45) is 0. The molecule has 0 bridgehead atoms. The van der Waals surface area contributed by atoms with Crippen LogP contribution in [0.3, 0.4) is 0 Å². The number of hydrogen-bond acceptors (Lipinski definition) is 6. The zero-order valence-electron chi connectivity index (χ0n) is 19.2. The topological polar surface area (TPSA) is 71.1 Å². The van der Waals surface area contributed by atoms with Crippen LogP contribution >= 0.6 is 0 Å². The summed E-state index contributed by atoms with van der Waals surface area (Å²) in [7, 11) is 5.62. The van der Waals surface area contributed by atoms with Crippen LogP contribution in [-0.4, -0.2) is 40.4 Å². The summed E-state index contributed by atoms with van der Waals surface area (Å²) >= 11 is 0. The van der Waals surface area contributed by atoms with Gasteiger partial charge in [0.15, 0.2) is 0 Å². The molecule has 6 nitrogen and oxygen atoms in total. The Kier molecular flexibility index (Phi) is 7.94. The first-order valence-electron chi connectivity index (χ1n) is 10.2. The van der Waals surface area contributed by atoms with Gasteiger partial charge in [0, 0.05) is 22.3 Å². The Balaban J connectivity index is 1.76. The summed E-state index contributed by atoms with van der Waals surface area (Å²) in [6.45, 7) is 0. The van der Waals surface area contributed by atoms with E-state index in [2.05, 4.69) is 23.7 Å². The average molecular weight is 454 g/mol. The number of methoxy groups -OCH3 is 4. The SMILES string of the molecule is COC(=O)c1ccc(C#Cc2ccc(C#Cc3ccc(C(=O)OC)c(OC)c3)cc2)cc1OC. The lowest BCUT2D eigenvalue weighted by Gasteiger charge is -2.06. The first kappa shape index (κ1) is 24.0. The maximum atomic E-state index is 11.8. The summed E-state index contributed by atoms with van der Waals surface area (Å²) in [5.74, 6) is 12.2. The van der Waals surface area contributed by atoms with E-state index in [9.17, 15) is 9.59 Å². The molecule has 0 aliphatic rings. The van der Waals surface area contributed by atoms with Crippen LogP contribution in [0.25, 0.3) is 0 Å². The second kappa shape index (κ2) is 11.3. The molecule has 0 radical (unpaired) electrons. The van der Waals surface area contributed by atoms with Crippen molar-refractivity contribution in [2.75, 3.05) is 28.4 Å². The Morgan fingerprint density at radius 1 is 0.529 bits per heavy atom. The van der Waals surface area contributed by atoms with Crippen molar-refractivity contribution in [1.82, 2.24) is 0 Å². The third-order valence-electron chi connectivity index (χ3n) is 4.80. The van der Waals surface area contributed by atoms with Crippen LogP contribution in [0.15, 0.2) is 60.7 Å². The standard InChI is InChI=1S/C28H22O6/c1-31-25-17-21(13-15-23(25)27(29)33-3)11-9-19-5-7-20(8-6-19)10-12-22-14-16-24(28(30)34-4)26(18-22)32-2/h5-8,13-18H,1-4H3. The molecule has 0 atom stereocenters. The van der Waals surface area contributed by atoms with Gasteiger partial charge < -0.3 is 18.9 Å². The third-order valence-corrected chi connectivity index (χ3v) is 4.80. The predicted molar refractivity (Wildman–Crippen MR) is 127 cm³/mol. The van der Waals surface area contributed by atoms with Gasteiger partial charge in [0.2, 0.25) is 0 Å². The summed E-state index contributed by atoms with van der Waals surface area (Å²) in [5, 5.41) is 0. The van der Waals surface area contributed by atoms with Crippen LogP contribution in [0.5, 0.6) is 11.5 Å². The van der Waals surface area contributed by atoms with Crippen molar-refractivity contribution in [3.63, 3.8) is 0 Å². The minimum Gasteiger partial charge on any atom is -0.496 e. The Morgan fingerprint density at radius 2 is 0.853 bits per heavy atom. The molecule has 34 heavy (non-hydrogen) atoms. The lowest BCUT2D eigenvalue weighted by atomic mass is 10.1. The minimum atomic E-state index is -0.467. The Hall–Kier alpha value is -4.68. The minimum absolute atomic E-state index is 0.344. The Bertz CT molecular complexity index is 1230. The molecule has 0 aromatic heterocycles. The molecule has 0 fully saturated rings. The number of carbonyl (C=O) groups excluding carboxylic acids is 2. The van der Waals surface area contributed by atoms with Gasteiger partial charge in [-0.25, -0.2) is 9.59 Å². The van der Waals surface area contributed by atoms with E-state index in [1.807, 2.05) is 24.3 Å². The summed E-state index contributed by atoms with van der Waals surface area (Å²) in [5.41, 5.74) is 3.72. The first-order chi connectivity index (χ1) is 16.5. The largest absolute Gasteiger partial charge is 0.496 e. The molecule has 170 valence electrons. The highest BCUT2D eigenvalue weighted by molar-refractivity contribution is 5.93. The van der Waals surface area contributed by atoms with Crippen LogP contribution < -0.4 is 9.47 Å². The summed E-state index contributed by atoms with van der Waals surface area (Å²) in [6, 6.07) is 17.6. The maximum Gasteiger partial charge on any atom is 0.341 e. The first-order valence-corrected chi connectivity index (χ1v) is 10.2. The molecule has 0 spiro atoms. The van der Waals surface area contributed by atoms with Gasteiger partial charge in [-0.05, 0) is 60.7 Å². The number of rotatable bonds is 4. The van der Waals surface area contributed by atoms with Gasteiger partial charge in [-0.1, -0.05) is 23.7 Å². The quantitative estimate of drug-likeness (QED) is 0.437. The average Bonchev–Trinajstić information content (AvgIpc) is 2.89. The molecule has 3 aromatic carbocycles. The molecule has 0 amide bonds. The molecule has 0 heterocycles. The molecular weight excluding hydrogens is 432 g/mol. The number of esters is 2. The highest BCUT2D eigenvalue weighted by atomic mass is 16.5. The van der Waals surface area contributed by atoms with Crippen molar-refractivity contribution in [2.24, 2.45) is 0 Å². The molecule has 0 aliphatic heterocycles. The van der Waals surface area contributed by atoms with E-state index in [-0.39, 0.29) is 0 Å². The van der Waals surface area contributed by atoms with Crippen LogP contribution in [0, 0.1) is 23.7 Å². The molecule has 3 aromatic rings. The number of benzene rings is 3. The highest BCUT2D eigenvalue weighted by Gasteiger charge is 2.13. The van der Waals surface area contributed by atoms with Gasteiger partial charge in [0.05, 0.1) is 28.4 Å². The molecule has 0 aliphatic carbocycles. The molecule has 0 N–H and O–H groups in total. The van der Waals surface area contributed by atoms with E-state index in [0.29, 0.717) is 33.8 Å². The molecule has 0 unspecified atom stereocenters. The fourth-order valence-corrected chi connectivity index (χ4v) is 3.02. The molecular formula is C28H22O6. The fraction of sp³-hybridized carbons (Fsp3) is 0.143. The smallest absolute Gasteiger partial charge is 0.341 e. The van der Waals surface area contributed by atoms with E-state index < -0.39 is 11.9 Å². The second-order valence-electron chi connectivity index (χ2n) is 6.89. The normalized spacial score (nSPS) is 9.53. The van der Waals surface area contributed by atoms with Crippen molar-refractivity contribution in [1.29, 1.82) is 0 Å². The van der Waals surface area contributed by atoms with Crippen LogP contribution in [0.2, 0.25) is 0 Å².